The van der Waals surface area contributed by atoms with Crippen LogP contribution in [0.3, 0.4) is 0 Å². The topological polar surface area (TPSA) is 79.4 Å². The summed E-state index contributed by atoms with van der Waals surface area (Å²) in [5.74, 6) is 0.669. The van der Waals surface area contributed by atoms with Crippen molar-refractivity contribution in [1.82, 2.24) is 10.2 Å². The third-order valence-electron chi connectivity index (χ3n) is 4.11. The molecule has 1 aliphatic heterocycles. The number of rotatable bonds is 4. The summed E-state index contributed by atoms with van der Waals surface area (Å²) in [6.07, 6.45) is 1.77. The molecule has 0 saturated carbocycles. The van der Waals surface area contributed by atoms with Crippen LogP contribution in [0.15, 0.2) is 36.5 Å². The fourth-order valence-corrected chi connectivity index (χ4v) is 2.52. The molecular weight excluding hydrogens is 330 g/mol. The van der Waals surface area contributed by atoms with E-state index in [4.69, 9.17) is 4.74 Å². The fourth-order valence-electron chi connectivity index (χ4n) is 2.52. The van der Waals surface area contributed by atoms with Crippen molar-refractivity contribution < 1.29 is 9.53 Å². The number of amides is 1. The molecule has 7 heteroatoms. The summed E-state index contributed by atoms with van der Waals surface area (Å²) >= 11 is 0. The molecule has 3 rings (SSSR count). The normalized spacial score (nSPS) is 14.8. The molecule has 1 aromatic carbocycles. The highest BCUT2D eigenvalue weighted by molar-refractivity contribution is 5.94. The molecule has 1 fully saturated rings. The van der Waals surface area contributed by atoms with Crippen molar-refractivity contribution >= 4 is 28.8 Å². The lowest BCUT2D eigenvalue weighted by Crippen LogP contribution is -2.36. The zero-order chi connectivity index (χ0) is 18.6. The minimum Gasteiger partial charge on any atom is -0.378 e. The molecule has 7 nitrogen and oxygen atoms in total. The molecule has 26 heavy (non-hydrogen) atoms. The second-order valence-corrected chi connectivity index (χ2v) is 7.30. The van der Waals surface area contributed by atoms with E-state index in [0.29, 0.717) is 5.82 Å². The Balaban J connectivity index is 1.65. The van der Waals surface area contributed by atoms with E-state index in [1.165, 1.54) is 0 Å². The number of hydrogen-bond donors (Lipinski definition) is 2. The fraction of sp³-hybridized carbons (Fsp3) is 0.421. The average molecular weight is 355 g/mol. The highest BCUT2D eigenvalue weighted by Gasteiger charge is 2.21. The van der Waals surface area contributed by atoms with E-state index in [9.17, 15) is 4.79 Å². The van der Waals surface area contributed by atoms with E-state index >= 15 is 0 Å². The molecule has 0 bridgehead atoms. The zero-order valence-electron chi connectivity index (χ0n) is 15.5. The summed E-state index contributed by atoms with van der Waals surface area (Å²) in [5.41, 5.74) is 2.25. The second-order valence-electron chi connectivity index (χ2n) is 7.30. The smallest absolute Gasteiger partial charge is 0.229 e. The van der Waals surface area contributed by atoms with Gasteiger partial charge in [0.05, 0.1) is 25.1 Å². The summed E-state index contributed by atoms with van der Waals surface area (Å²) in [5, 5.41) is 14.4. The van der Waals surface area contributed by atoms with Crippen LogP contribution in [0.1, 0.15) is 20.8 Å². The first-order valence-corrected chi connectivity index (χ1v) is 8.76. The van der Waals surface area contributed by atoms with Crippen molar-refractivity contribution in [2.75, 3.05) is 41.8 Å². The summed E-state index contributed by atoms with van der Waals surface area (Å²) in [7, 11) is 0. The van der Waals surface area contributed by atoms with E-state index in [0.717, 1.165) is 43.4 Å². The summed E-state index contributed by atoms with van der Waals surface area (Å²) in [6, 6.07) is 9.52. The van der Waals surface area contributed by atoms with Gasteiger partial charge in [-0.15, -0.1) is 5.10 Å². The maximum absolute atomic E-state index is 12.0. The van der Waals surface area contributed by atoms with Gasteiger partial charge in [0.1, 0.15) is 0 Å². The van der Waals surface area contributed by atoms with Gasteiger partial charge in [0, 0.05) is 35.9 Å². The molecule has 2 N–H and O–H groups in total. The van der Waals surface area contributed by atoms with Crippen molar-refractivity contribution in [2.24, 2.45) is 5.41 Å². The Kier molecular flexibility index (Phi) is 5.37. The molecule has 1 aromatic heterocycles. The quantitative estimate of drug-likeness (QED) is 0.878. The van der Waals surface area contributed by atoms with Gasteiger partial charge in [-0.1, -0.05) is 20.8 Å². The monoisotopic (exact) mass is 355 g/mol. The van der Waals surface area contributed by atoms with Gasteiger partial charge in [-0.2, -0.15) is 5.10 Å². The van der Waals surface area contributed by atoms with Gasteiger partial charge in [0.15, 0.2) is 5.82 Å². The molecule has 0 radical (unpaired) electrons. The van der Waals surface area contributed by atoms with Crippen molar-refractivity contribution in [2.45, 2.75) is 20.8 Å². The number of ether oxygens (including phenoxy) is 1. The molecule has 0 aliphatic carbocycles. The predicted octanol–water partition coefficient (Wildman–Crippen LogP) is 3.04. The summed E-state index contributed by atoms with van der Waals surface area (Å²) in [4.78, 5) is 14.3. The van der Waals surface area contributed by atoms with Gasteiger partial charge in [-0.25, -0.2) is 0 Å². The van der Waals surface area contributed by atoms with Gasteiger partial charge in [0.25, 0.3) is 0 Å². The molecule has 138 valence electrons. The van der Waals surface area contributed by atoms with Crippen LogP contribution in [0.2, 0.25) is 0 Å². The molecular formula is C19H25N5O2. The number of nitrogens with one attached hydrogen (secondary N) is 2. The third kappa shape index (κ3) is 4.70. The summed E-state index contributed by atoms with van der Waals surface area (Å²) in [6.45, 7) is 8.83. The van der Waals surface area contributed by atoms with Crippen LogP contribution in [0.5, 0.6) is 0 Å². The first-order valence-electron chi connectivity index (χ1n) is 8.76. The SMILES string of the molecule is CC(C)(C)C(=O)Nc1ccc(Nc2cc(N3CCOCC3)cnn2)cc1. The van der Waals surface area contributed by atoms with Crippen LogP contribution in [-0.2, 0) is 9.53 Å². The highest BCUT2D eigenvalue weighted by atomic mass is 16.5. The molecule has 0 atom stereocenters. The number of nitrogens with zero attached hydrogens (tertiary/aromatic N) is 3. The van der Waals surface area contributed by atoms with Crippen molar-refractivity contribution in [3.8, 4) is 0 Å². The lowest BCUT2D eigenvalue weighted by molar-refractivity contribution is -0.123. The van der Waals surface area contributed by atoms with E-state index in [1.54, 1.807) is 6.20 Å². The van der Waals surface area contributed by atoms with Crippen LogP contribution < -0.4 is 15.5 Å². The Hall–Kier alpha value is -2.67. The molecule has 2 aromatic rings. The van der Waals surface area contributed by atoms with Crippen molar-refractivity contribution in [1.29, 1.82) is 0 Å². The van der Waals surface area contributed by atoms with Crippen molar-refractivity contribution in [3.05, 3.63) is 36.5 Å². The lowest BCUT2D eigenvalue weighted by atomic mass is 9.95. The molecule has 0 unspecified atom stereocenters. The van der Waals surface area contributed by atoms with Gasteiger partial charge < -0.3 is 20.3 Å². The Morgan fingerprint density at radius 2 is 1.77 bits per heavy atom. The molecule has 0 spiro atoms. The van der Waals surface area contributed by atoms with E-state index in [-0.39, 0.29) is 5.91 Å². The standard InChI is InChI=1S/C19H25N5O2/c1-19(2,3)18(25)22-15-6-4-14(5-7-15)21-17-12-16(13-20-23-17)24-8-10-26-11-9-24/h4-7,12-13H,8-11H2,1-3H3,(H,21,23)(H,22,25). The molecule has 1 saturated heterocycles. The number of hydrogen-bond acceptors (Lipinski definition) is 6. The van der Waals surface area contributed by atoms with Crippen molar-refractivity contribution in [3.63, 3.8) is 0 Å². The minimum absolute atomic E-state index is 0.0118. The molecule has 1 amide bonds. The molecule has 1 aliphatic rings. The van der Waals surface area contributed by atoms with Gasteiger partial charge in [-0.05, 0) is 24.3 Å². The second kappa shape index (κ2) is 7.70. The van der Waals surface area contributed by atoms with Crippen LogP contribution in [0.25, 0.3) is 0 Å². The average Bonchev–Trinajstić information content (AvgIpc) is 2.63. The van der Waals surface area contributed by atoms with Gasteiger partial charge >= 0.3 is 0 Å². The first-order chi connectivity index (χ1) is 12.4. The first kappa shape index (κ1) is 18.1. The van der Waals surface area contributed by atoms with E-state index < -0.39 is 5.41 Å². The Labute approximate surface area is 153 Å². The highest BCUT2D eigenvalue weighted by Crippen LogP contribution is 2.22. The third-order valence-corrected chi connectivity index (χ3v) is 4.11. The maximum Gasteiger partial charge on any atom is 0.229 e. The number of benzene rings is 1. The van der Waals surface area contributed by atoms with Crippen LogP contribution in [0, 0.1) is 5.41 Å². The van der Waals surface area contributed by atoms with Crippen LogP contribution in [0.4, 0.5) is 22.9 Å². The van der Waals surface area contributed by atoms with E-state index in [2.05, 4.69) is 25.7 Å². The Morgan fingerprint density at radius 1 is 1.12 bits per heavy atom. The largest absolute Gasteiger partial charge is 0.378 e. The minimum atomic E-state index is -0.424. The van der Waals surface area contributed by atoms with E-state index in [1.807, 2.05) is 51.1 Å². The number of carbonyl (C=O) groups is 1. The van der Waals surface area contributed by atoms with Crippen LogP contribution >= 0.6 is 0 Å². The van der Waals surface area contributed by atoms with Gasteiger partial charge in [-0.3, -0.25) is 4.79 Å². The Bertz CT molecular complexity index is 749. The number of carbonyl (C=O) groups excluding carboxylic acids is 1. The molecule has 2 heterocycles. The number of aromatic nitrogens is 2. The predicted molar refractivity (Wildman–Crippen MR) is 103 cm³/mol. The maximum atomic E-state index is 12.0. The Morgan fingerprint density at radius 3 is 2.42 bits per heavy atom. The number of anilines is 4. The summed E-state index contributed by atoms with van der Waals surface area (Å²) < 4.78 is 5.38. The van der Waals surface area contributed by atoms with Gasteiger partial charge in [0.2, 0.25) is 5.91 Å². The zero-order valence-corrected chi connectivity index (χ0v) is 15.5. The van der Waals surface area contributed by atoms with Crippen LogP contribution in [-0.4, -0.2) is 42.4 Å². The number of morpholine rings is 1. The lowest BCUT2D eigenvalue weighted by Gasteiger charge is -2.28.